The van der Waals surface area contributed by atoms with E-state index in [1.165, 1.54) is 71.4 Å². The number of nitrogens with one attached hydrogen (secondary N) is 2. The van der Waals surface area contributed by atoms with Gasteiger partial charge in [0.15, 0.2) is 0 Å². The minimum atomic E-state index is 0.342. The van der Waals surface area contributed by atoms with Crippen molar-refractivity contribution in [1.82, 2.24) is 20.4 Å². The van der Waals surface area contributed by atoms with Crippen LogP contribution in [-0.2, 0) is 0 Å². The van der Waals surface area contributed by atoms with Crippen molar-refractivity contribution in [3.63, 3.8) is 0 Å². The second-order valence-electron chi connectivity index (χ2n) is 7.62. The van der Waals surface area contributed by atoms with Crippen LogP contribution in [0.25, 0.3) is 0 Å². The number of rotatable bonds is 5. The van der Waals surface area contributed by atoms with E-state index >= 15 is 0 Å². The van der Waals surface area contributed by atoms with E-state index in [0.717, 1.165) is 25.4 Å². The van der Waals surface area contributed by atoms with E-state index in [1.54, 1.807) is 0 Å². The zero-order valence-electron chi connectivity index (χ0n) is 14.7. The van der Waals surface area contributed by atoms with Crippen LogP contribution in [0.2, 0.25) is 0 Å². The second-order valence-corrected chi connectivity index (χ2v) is 7.62. The highest BCUT2D eigenvalue weighted by Crippen LogP contribution is 2.25. The molecule has 3 aliphatic rings. The van der Waals surface area contributed by atoms with Crippen molar-refractivity contribution >= 4 is 0 Å². The van der Waals surface area contributed by atoms with Crippen LogP contribution in [-0.4, -0.2) is 86.0 Å². The van der Waals surface area contributed by atoms with Gasteiger partial charge in [0, 0.05) is 44.9 Å². The SMILES string of the molecule is OCCC1CCCCN1CC1CCNCC1N1CCCNCC1. The van der Waals surface area contributed by atoms with Crippen LogP contribution >= 0.6 is 0 Å². The number of hydrogen-bond donors (Lipinski definition) is 3. The van der Waals surface area contributed by atoms with E-state index in [0.29, 0.717) is 18.7 Å². The zero-order chi connectivity index (χ0) is 15.9. The first-order valence-electron chi connectivity index (χ1n) is 9.89. The molecule has 0 aromatic heterocycles. The predicted octanol–water partition coefficient (Wildman–Crippen LogP) is 0.497. The quantitative estimate of drug-likeness (QED) is 0.687. The van der Waals surface area contributed by atoms with Crippen LogP contribution in [0.4, 0.5) is 0 Å². The Labute approximate surface area is 141 Å². The Hall–Kier alpha value is -0.200. The normalized spacial score (nSPS) is 35.1. The summed E-state index contributed by atoms with van der Waals surface area (Å²) in [5, 5.41) is 16.5. The van der Waals surface area contributed by atoms with Gasteiger partial charge in [-0.15, -0.1) is 0 Å². The first-order valence-corrected chi connectivity index (χ1v) is 9.89. The van der Waals surface area contributed by atoms with Crippen LogP contribution < -0.4 is 10.6 Å². The zero-order valence-corrected chi connectivity index (χ0v) is 14.7. The average molecular weight is 325 g/mol. The van der Waals surface area contributed by atoms with Crippen LogP contribution in [0.5, 0.6) is 0 Å². The summed E-state index contributed by atoms with van der Waals surface area (Å²) in [7, 11) is 0. The smallest absolute Gasteiger partial charge is 0.0445 e. The standard InChI is InChI=1S/C18H36N4O/c23-13-6-17-4-1-2-10-22(17)15-16-5-8-20-14-18(16)21-11-3-7-19-9-12-21/h16-20,23H,1-15H2. The molecule has 0 amide bonds. The van der Waals surface area contributed by atoms with Gasteiger partial charge in [0.1, 0.15) is 0 Å². The van der Waals surface area contributed by atoms with Gasteiger partial charge in [-0.2, -0.15) is 0 Å². The monoisotopic (exact) mass is 324 g/mol. The molecule has 0 spiro atoms. The molecule has 0 aliphatic carbocycles. The molecule has 3 aliphatic heterocycles. The van der Waals surface area contributed by atoms with Gasteiger partial charge in [0.25, 0.3) is 0 Å². The van der Waals surface area contributed by atoms with Crippen molar-refractivity contribution in [2.24, 2.45) is 5.92 Å². The molecule has 0 saturated carbocycles. The molecule has 3 atom stereocenters. The Morgan fingerprint density at radius 3 is 2.78 bits per heavy atom. The van der Waals surface area contributed by atoms with Crippen molar-refractivity contribution in [3.05, 3.63) is 0 Å². The van der Waals surface area contributed by atoms with E-state index < -0.39 is 0 Å². The van der Waals surface area contributed by atoms with Crippen LogP contribution in [0.3, 0.4) is 0 Å². The maximum Gasteiger partial charge on any atom is 0.0445 e. The third-order valence-corrected chi connectivity index (χ3v) is 6.11. The molecule has 0 aromatic rings. The lowest BCUT2D eigenvalue weighted by Crippen LogP contribution is -2.56. The summed E-state index contributed by atoms with van der Waals surface area (Å²) < 4.78 is 0. The number of likely N-dealkylation sites (tertiary alicyclic amines) is 1. The first-order chi connectivity index (χ1) is 11.4. The molecule has 3 rings (SSSR count). The highest BCUT2D eigenvalue weighted by molar-refractivity contribution is 4.90. The molecule has 3 unspecified atom stereocenters. The molecular weight excluding hydrogens is 288 g/mol. The van der Waals surface area contributed by atoms with Gasteiger partial charge >= 0.3 is 0 Å². The summed E-state index contributed by atoms with van der Waals surface area (Å²) in [6.07, 6.45) is 7.50. The fourth-order valence-electron chi connectivity index (χ4n) is 4.81. The summed E-state index contributed by atoms with van der Waals surface area (Å²) in [5.41, 5.74) is 0. The van der Waals surface area contributed by atoms with E-state index in [2.05, 4.69) is 20.4 Å². The molecule has 3 fully saturated rings. The lowest BCUT2D eigenvalue weighted by molar-refractivity contribution is 0.0528. The number of aliphatic hydroxyl groups is 1. The van der Waals surface area contributed by atoms with Gasteiger partial charge in [0.05, 0.1) is 0 Å². The Balaban J connectivity index is 1.60. The highest BCUT2D eigenvalue weighted by Gasteiger charge is 2.33. The maximum absolute atomic E-state index is 9.38. The van der Waals surface area contributed by atoms with Crippen molar-refractivity contribution < 1.29 is 5.11 Å². The Morgan fingerprint density at radius 1 is 0.913 bits per heavy atom. The summed E-state index contributed by atoms with van der Waals surface area (Å²) in [5.74, 6) is 0.786. The first kappa shape index (κ1) is 17.6. The topological polar surface area (TPSA) is 50.8 Å². The number of hydrogen-bond acceptors (Lipinski definition) is 5. The molecule has 5 nitrogen and oxygen atoms in total. The second kappa shape index (κ2) is 9.33. The molecule has 0 radical (unpaired) electrons. The van der Waals surface area contributed by atoms with Crippen molar-refractivity contribution in [2.75, 3.05) is 59.0 Å². The third-order valence-electron chi connectivity index (χ3n) is 6.11. The molecule has 3 N–H and O–H groups in total. The molecule has 5 heteroatoms. The number of aliphatic hydroxyl groups excluding tert-OH is 1. The Kier molecular flexibility index (Phi) is 7.14. The van der Waals surface area contributed by atoms with E-state index in [1.807, 2.05) is 0 Å². The number of piperidine rings is 2. The number of nitrogens with zero attached hydrogens (tertiary/aromatic N) is 2. The van der Waals surface area contributed by atoms with Gasteiger partial charge in [-0.05, 0) is 64.2 Å². The van der Waals surface area contributed by atoms with Crippen molar-refractivity contribution in [1.29, 1.82) is 0 Å². The van der Waals surface area contributed by atoms with Crippen molar-refractivity contribution in [2.45, 2.75) is 50.6 Å². The highest BCUT2D eigenvalue weighted by atomic mass is 16.3. The summed E-state index contributed by atoms with van der Waals surface area (Å²) in [6.45, 7) is 9.90. The maximum atomic E-state index is 9.38. The molecule has 134 valence electrons. The lowest BCUT2D eigenvalue weighted by Gasteiger charge is -2.44. The fourth-order valence-corrected chi connectivity index (χ4v) is 4.81. The molecular formula is C18H36N4O. The molecule has 0 bridgehead atoms. The van der Waals surface area contributed by atoms with Gasteiger partial charge < -0.3 is 15.7 Å². The predicted molar refractivity (Wildman–Crippen MR) is 94.7 cm³/mol. The minimum absolute atomic E-state index is 0.342. The van der Waals surface area contributed by atoms with E-state index in [-0.39, 0.29) is 0 Å². The average Bonchev–Trinajstić information content (AvgIpc) is 2.87. The van der Waals surface area contributed by atoms with Crippen LogP contribution in [0.15, 0.2) is 0 Å². The van der Waals surface area contributed by atoms with Gasteiger partial charge in [0.2, 0.25) is 0 Å². The van der Waals surface area contributed by atoms with Crippen molar-refractivity contribution in [3.8, 4) is 0 Å². The summed E-state index contributed by atoms with van der Waals surface area (Å²) >= 11 is 0. The molecule has 3 heterocycles. The molecule has 0 aromatic carbocycles. The minimum Gasteiger partial charge on any atom is -0.396 e. The molecule has 3 saturated heterocycles. The van der Waals surface area contributed by atoms with E-state index in [9.17, 15) is 5.11 Å². The van der Waals surface area contributed by atoms with Crippen LogP contribution in [0.1, 0.15) is 38.5 Å². The Morgan fingerprint density at radius 2 is 1.87 bits per heavy atom. The summed E-state index contributed by atoms with van der Waals surface area (Å²) in [4.78, 5) is 5.45. The molecule has 23 heavy (non-hydrogen) atoms. The largest absolute Gasteiger partial charge is 0.396 e. The van der Waals surface area contributed by atoms with Gasteiger partial charge in [-0.1, -0.05) is 6.42 Å². The van der Waals surface area contributed by atoms with Gasteiger partial charge in [-0.3, -0.25) is 9.80 Å². The van der Waals surface area contributed by atoms with Crippen LogP contribution in [0, 0.1) is 5.92 Å². The Bertz CT molecular complexity index is 331. The van der Waals surface area contributed by atoms with Gasteiger partial charge in [-0.25, -0.2) is 0 Å². The lowest BCUT2D eigenvalue weighted by atomic mass is 9.88. The van der Waals surface area contributed by atoms with E-state index in [4.69, 9.17) is 0 Å². The fraction of sp³-hybridized carbons (Fsp3) is 1.00. The third kappa shape index (κ3) is 4.89. The summed E-state index contributed by atoms with van der Waals surface area (Å²) in [6, 6.07) is 1.32.